The Labute approximate surface area is 90.2 Å². The molecule has 0 spiro atoms. The van der Waals surface area contributed by atoms with Gasteiger partial charge < -0.3 is 20.1 Å². The van der Waals surface area contributed by atoms with Crippen molar-refractivity contribution < 1.29 is 19.2 Å². The molecule has 1 aromatic carbocycles. The highest BCUT2D eigenvalue weighted by Crippen LogP contribution is 2.19. The Hall–Kier alpha value is -2.50. The number of phenolic OH excluding ortho intramolecular Hbond substituents is 1. The van der Waals surface area contributed by atoms with Crippen LogP contribution in [0, 0.1) is 0 Å². The second-order valence-electron chi connectivity index (χ2n) is 3.00. The minimum absolute atomic E-state index is 0.00221. The number of hydrogen-bond acceptors (Lipinski definition) is 6. The minimum atomic E-state index is -0.727. The van der Waals surface area contributed by atoms with Crippen molar-refractivity contribution in [1.29, 1.82) is 0 Å². The van der Waals surface area contributed by atoms with Gasteiger partial charge in [-0.3, -0.25) is 0 Å². The lowest BCUT2D eigenvalue weighted by atomic mass is 10.3. The Kier molecular flexibility index (Phi) is 2.47. The lowest BCUT2D eigenvalue weighted by Gasteiger charge is -2.01. The van der Waals surface area contributed by atoms with Crippen molar-refractivity contribution in [2.24, 2.45) is 0 Å². The number of benzene rings is 1. The van der Waals surface area contributed by atoms with E-state index >= 15 is 0 Å². The zero-order valence-electron chi connectivity index (χ0n) is 8.08. The Morgan fingerprint density at radius 3 is 2.88 bits per heavy atom. The maximum Gasteiger partial charge on any atom is 0.382 e. The van der Waals surface area contributed by atoms with Gasteiger partial charge in [0.2, 0.25) is 5.76 Å². The summed E-state index contributed by atoms with van der Waals surface area (Å²) in [5.74, 6) is -0.513. The molecule has 6 heteroatoms. The van der Waals surface area contributed by atoms with Crippen molar-refractivity contribution in [3.63, 3.8) is 0 Å². The molecule has 0 fully saturated rings. The smallest absolute Gasteiger partial charge is 0.382 e. The SMILES string of the molecule is Nc1cc(C(=O)Oc2cccc(O)c2)on1. The minimum Gasteiger partial charge on any atom is -0.508 e. The van der Waals surface area contributed by atoms with Gasteiger partial charge in [0.25, 0.3) is 0 Å². The summed E-state index contributed by atoms with van der Waals surface area (Å²) in [7, 11) is 0. The third-order valence-electron chi connectivity index (χ3n) is 1.76. The summed E-state index contributed by atoms with van der Waals surface area (Å²) < 4.78 is 9.52. The largest absolute Gasteiger partial charge is 0.508 e. The van der Waals surface area contributed by atoms with Crippen LogP contribution in [0.2, 0.25) is 0 Å². The molecule has 0 aliphatic heterocycles. The van der Waals surface area contributed by atoms with E-state index < -0.39 is 5.97 Å². The van der Waals surface area contributed by atoms with Crippen LogP contribution in [0.4, 0.5) is 5.82 Å². The second kappa shape index (κ2) is 3.93. The quantitative estimate of drug-likeness (QED) is 0.582. The zero-order chi connectivity index (χ0) is 11.5. The Balaban J connectivity index is 2.13. The zero-order valence-corrected chi connectivity index (χ0v) is 8.08. The first-order chi connectivity index (χ1) is 7.65. The summed E-state index contributed by atoms with van der Waals surface area (Å²) in [5.41, 5.74) is 5.28. The molecule has 82 valence electrons. The maximum atomic E-state index is 11.4. The first kappa shape index (κ1) is 10.0. The van der Waals surface area contributed by atoms with Gasteiger partial charge in [0, 0.05) is 12.1 Å². The van der Waals surface area contributed by atoms with E-state index in [1.807, 2.05) is 0 Å². The van der Waals surface area contributed by atoms with Gasteiger partial charge in [0.05, 0.1) is 0 Å². The first-order valence-corrected chi connectivity index (χ1v) is 4.38. The van der Waals surface area contributed by atoms with E-state index in [1.54, 1.807) is 6.07 Å². The van der Waals surface area contributed by atoms with Crippen LogP contribution in [0.15, 0.2) is 34.9 Å². The lowest BCUT2D eigenvalue weighted by Crippen LogP contribution is -2.07. The van der Waals surface area contributed by atoms with Crippen LogP contribution in [-0.4, -0.2) is 16.2 Å². The number of carbonyl (C=O) groups excluding carboxylic acids is 1. The summed E-state index contributed by atoms with van der Waals surface area (Å²) >= 11 is 0. The second-order valence-corrected chi connectivity index (χ2v) is 3.00. The molecule has 0 bridgehead atoms. The van der Waals surface area contributed by atoms with Crippen molar-refractivity contribution in [2.45, 2.75) is 0 Å². The predicted octanol–water partition coefficient (Wildman–Crippen LogP) is 1.18. The van der Waals surface area contributed by atoms with E-state index in [0.29, 0.717) is 0 Å². The highest BCUT2D eigenvalue weighted by molar-refractivity contribution is 5.88. The van der Waals surface area contributed by atoms with Gasteiger partial charge in [-0.1, -0.05) is 11.2 Å². The van der Waals surface area contributed by atoms with Crippen LogP contribution < -0.4 is 10.5 Å². The van der Waals surface area contributed by atoms with Crippen molar-refractivity contribution in [1.82, 2.24) is 5.16 Å². The number of rotatable bonds is 2. The van der Waals surface area contributed by atoms with Crippen molar-refractivity contribution in [3.05, 3.63) is 36.1 Å². The monoisotopic (exact) mass is 220 g/mol. The molecule has 2 rings (SSSR count). The fraction of sp³-hybridized carbons (Fsp3) is 0. The van der Waals surface area contributed by atoms with Crippen molar-refractivity contribution in [3.8, 4) is 11.5 Å². The van der Waals surface area contributed by atoms with Gasteiger partial charge in [0.15, 0.2) is 5.82 Å². The van der Waals surface area contributed by atoms with Crippen molar-refractivity contribution >= 4 is 11.8 Å². The van der Waals surface area contributed by atoms with Gasteiger partial charge in [-0.25, -0.2) is 4.79 Å². The molecule has 6 nitrogen and oxygen atoms in total. The molecule has 0 atom stereocenters. The van der Waals surface area contributed by atoms with Crippen molar-refractivity contribution in [2.75, 3.05) is 5.73 Å². The number of phenols is 1. The molecule has 0 radical (unpaired) electrons. The average Bonchev–Trinajstić information content (AvgIpc) is 2.65. The molecule has 0 aliphatic rings. The fourth-order valence-electron chi connectivity index (χ4n) is 1.09. The molecular formula is C10H8N2O4. The van der Waals surface area contributed by atoms with Crippen LogP contribution in [0.3, 0.4) is 0 Å². The molecule has 2 aromatic rings. The maximum absolute atomic E-state index is 11.4. The van der Waals surface area contributed by atoms with E-state index in [4.69, 9.17) is 15.6 Å². The van der Waals surface area contributed by atoms with Crippen LogP contribution in [-0.2, 0) is 0 Å². The van der Waals surface area contributed by atoms with Crippen LogP contribution >= 0.6 is 0 Å². The van der Waals surface area contributed by atoms with Gasteiger partial charge in [-0.05, 0) is 12.1 Å². The number of hydrogen-bond donors (Lipinski definition) is 2. The highest BCUT2D eigenvalue weighted by atomic mass is 16.6. The number of anilines is 1. The number of nitrogens with zero attached hydrogens (tertiary/aromatic N) is 1. The van der Waals surface area contributed by atoms with E-state index in [9.17, 15) is 4.79 Å². The Morgan fingerprint density at radius 2 is 2.25 bits per heavy atom. The van der Waals surface area contributed by atoms with Gasteiger partial charge in [-0.15, -0.1) is 0 Å². The predicted molar refractivity (Wildman–Crippen MR) is 54.0 cm³/mol. The fourth-order valence-corrected chi connectivity index (χ4v) is 1.09. The lowest BCUT2D eigenvalue weighted by molar-refractivity contribution is 0.0691. The number of nitrogen functional groups attached to an aromatic ring is 1. The molecule has 0 saturated heterocycles. The highest BCUT2D eigenvalue weighted by Gasteiger charge is 2.14. The molecule has 0 amide bonds. The van der Waals surface area contributed by atoms with Gasteiger partial charge >= 0.3 is 5.97 Å². The average molecular weight is 220 g/mol. The molecule has 1 heterocycles. The number of esters is 1. The topological polar surface area (TPSA) is 98.6 Å². The van der Waals surface area contributed by atoms with Crippen LogP contribution in [0.5, 0.6) is 11.5 Å². The summed E-state index contributed by atoms with van der Waals surface area (Å²) in [4.78, 5) is 11.4. The molecule has 16 heavy (non-hydrogen) atoms. The van der Waals surface area contributed by atoms with E-state index in [-0.39, 0.29) is 23.1 Å². The summed E-state index contributed by atoms with van der Waals surface area (Å²) in [6.07, 6.45) is 0. The van der Waals surface area contributed by atoms with E-state index in [0.717, 1.165) is 0 Å². The molecule has 0 saturated carbocycles. The summed E-state index contributed by atoms with van der Waals surface area (Å²) in [6.45, 7) is 0. The van der Waals surface area contributed by atoms with Crippen LogP contribution in [0.25, 0.3) is 0 Å². The number of nitrogens with two attached hydrogens (primary N) is 1. The Bertz CT molecular complexity index is 521. The first-order valence-electron chi connectivity index (χ1n) is 4.38. The third-order valence-corrected chi connectivity index (χ3v) is 1.76. The van der Waals surface area contributed by atoms with Gasteiger partial charge in [-0.2, -0.15) is 0 Å². The van der Waals surface area contributed by atoms with Gasteiger partial charge in [0.1, 0.15) is 11.5 Å². The molecule has 0 aliphatic carbocycles. The van der Waals surface area contributed by atoms with E-state index in [1.165, 1.54) is 24.3 Å². The molecular weight excluding hydrogens is 212 g/mol. The normalized spacial score (nSPS) is 10.0. The molecule has 3 N–H and O–H groups in total. The third kappa shape index (κ3) is 2.11. The summed E-state index contributed by atoms with van der Waals surface area (Å²) in [6, 6.07) is 7.09. The number of carbonyl (C=O) groups is 1. The number of aromatic hydroxyl groups is 1. The molecule has 1 aromatic heterocycles. The summed E-state index contributed by atoms with van der Waals surface area (Å²) in [5, 5.41) is 12.5. The number of aromatic nitrogens is 1. The number of ether oxygens (including phenoxy) is 1. The van der Waals surface area contributed by atoms with E-state index in [2.05, 4.69) is 9.68 Å². The Morgan fingerprint density at radius 1 is 1.44 bits per heavy atom. The molecule has 0 unspecified atom stereocenters. The standard InChI is InChI=1S/C10H8N2O4/c11-9-5-8(16-12-9)10(14)15-7-3-1-2-6(13)4-7/h1-5,13H,(H2,11,12). The van der Waals surface area contributed by atoms with Crippen LogP contribution in [0.1, 0.15) is 10.6 Å².